The fourth-order valence-electron chi connectivity index (χ4n) is 1.55. The van der Waals surface area contributed by atoms with E-state index < -0.39 is 10.2 Å². The first-order chi connectivity index (χ1) is 6.34. The molecule has 0 radical (unpaired) electrons. The third kappa shape index (κ3) is 2.62. The molecule has 0 aromatic heterocycles. The van der Waals surface area contributed by atoms with Gasteiger partial charge < -0.3 is 0 Å². The molecule has 1 aliphatic heterocycles. The average Bonchev–Trinajstić information content (AvgIpc) is 2.01. The molecule has 2 unspecified atom stereocenters. The highest BCUT2D eigenvalue weighted by atomic mass is 32.2. The standard InChI is InChI=1S/C8H18N2O2S2/c1-7-5-10(6-8(2)13-7)14(11,12)9(3)4/h7-8H,5-6H2,1-4H3. The smallest absolute Gasteiger partial charge is 0.195 e. The summed E-state index contributed by atoms with van der Waals surface area (Å²) in [5.41, 5.74) is 0. The predicted molar refractivity (Wildman–Crippen MR) is 60.7 cm³/mol. The number of rotatable bonds is 2. The van der Waals surface area contributed by atoms with Gasteiger partial charge in [-0.1, -0.05) is 13.8 Å². The van der Waals surface area contributed by atoms with E-state index in [1.165, 1.54) is 4.31 Å². The Morgan fingerprint density at radius 1 is 1.21 bits per heavy atom. The Labute approximate surface area is 90.8 Å². The Hall–Kier alpha value is 0.220. The van der Waals surface area contributed by atoms with Crippen molar-refractivity contribution >= 4 is 22.0 Å². The van der Waals surface area contributed by atoms with Crippen LogP contribution in [0, 0.1) is 0 Å². The molecule has 0 amide bonds. The minimum Gasteiger partial charge on any atom is -0.195 e. The second-order valence-corrected chi connectivity index (χ2v) is 7.89. The lowest BCUT2D eigenvalue weighted by Gasteiger charge is -2.34. The molecule has 0 saturated carbocycles. The summed E-state index contributed by atoms with van der Waals surface area (Å²) in [5, 5.41) is 0.766. The van der Waals surface area contributed by atoms with Gasteiger partial charge in [0, 0.05) is 37.7 Å². The van der Waals surface area contributed by atoms with E-state index in [-0.39, 0.29) is 0 Å². The molecular weight excluding hydrogens is 220 g/mol. The van der Waals surface area contributed by atoms with E-state index in [0.29, 0.717) is 23.6 Å². The molecule has 2 atom stereocenters. The molecule has 4 nitrogen and oxygen atoms in total. The van der Waals surface area contributed by atoms with Crippen molar-refractivity contribution in [3.63, 3.8) is 0 Å². The summed E-state index contributed by atoms with van der Waals surface area (Å²) in [7, 11) is -0.0608. The van der Waals surface area contributed by atoms with Gasteiger partial charge in [0.25, 0.3) is 10.2 Å². The molecule has 1 fully saturated rings. The van der Waals surface area contributed by atoms with E-state index in [4.69, 9.17) is 0 Å². The van der Waals surface area contributed by atoms with E-state index in [1.807, 2.05) is 11.8 Å². The van der Waals surface area contributed by atoms with E-state index in [0.717, 1.165) is 0 Å². The van der Waals surface area contributed by atoms with Crippen LogP contribution in [0.15, 0.2) is 0 Å². The van der Waals surface area contributed by atoms with Gasteiger partial charge in [0.05, 0.1) is 0 Å². The summed E-state index contributed by atoms with van der Waals surface area (Å²) in [5.74, 6) is 0. The van der Waals surface area contributed by atoms with Crippen LogP contribution in [-0.2, 0) is 10.2 Å². The Balaban J connectivity index is 2.78. The first-order valence-corrected chi connectivity index (χ1v) is 7.01. The van der Waals surface area contributed by atoms with E-state index in [1.54, 1.807) is 18.4 Å². The molecule has 84 valence electrons. The van der Waals surface area contributed by atoms with E-state index >= 15 is 0 Å². The van der Waals surface area contributed by atoms with Gasteiger partial charge in [-0.25, -0.2) is 0 Å². The van der Waals surface area contributed by atoms with Crippen molar-refractivity contribution in [1.82, 2.24) is 8.61 Å². The largest absolute Gasteiger partial charge is 0.281 e. The summed E-state index contributed by atoms with van der Waals surface area (Å²) in [6.45, 7) is 5.38. The normalized spacial score (nSPS) is 30.9. The third-order valence-corrected chi connectivity index (χ3v) is 5.27. The van der Waals surface area contributed by atoms with Crippen LogP contribution in [0.3, 0.4) is 0 Å². The molecule has 0 bridgehead atoms. The molecular formula is C8H18N2O2S2. The maximum atomic E-state index is 11.8. The Morgan fingerprint density at radius 2 is 1.64 bits per heavy atom. The van der Waals surface area contributed by atoms with E-state index in [9.17, 15) is 8.42 Å². The van der Waals surface area contributed by atoms with Crippen molar-refractivity contribution < 1.29 is 8.42 Å². The van der Waals surface area contributed by atoms with Gasteiger partial charge in [-0.05, 0) is 0 Å². The minimum atomic E-state index is -3.21. The minimum absolute atomic E-state index is 0.383. The maximum absolute atomic E-state index is 11.8. The SMILES string of the molecule is CC1CN(S(=O)(=O)N(C)C)CC(C)S1. The predicted octanol–water partition coefficient (Wildman–Crippen LogP) is 0.619. The molecule has 1 heterocycles. The maximum Gasteiger partial charge on any atom is 0.281 e. The van der Waals surface area contributed by atoms with Gasteiger partial charge >= 0.3 is 0 Å². The molecule has 1 rings (SSSR count). The highest BCUT2D eigenvalue weighted by molar-refractivity contribution is 8.00. The van der Waals surface area contributed by atoms with Gasteiger partial charge in [0.2, 0.25) is 0 Å². The van der Waals surface area contributed by atoms with Crippen LogP contribution in [0.25, 0.3) is 0 Å². The highest BCUT2D eigenvalue weighted by Crippen LogP contribution is 2.26. The molecule has 1 saturated heterocycles. The van der Waals surface area contributed by atoms with Gasteiger partial charge in [0.1, 0.15) is 0 Å². The zero-order valence-corrected chi connectivity index (χ0v) is 10.7. The van der Waals surface area contributed by atoms with Crippen LogP contribution in [-0.4, -0.2) is 54.7 Å². The summed E-state index contributed by atoms with van der Waals surface area (Å²) < 4.78 is 26.5. The van der Waals surface area contributed by atoms with Crippen molar-refractivity contribution in [2.75, 3.05) is 27.2 Å². The van der Waals surface area contributed by atoms with Crippen molar-refractivity contribution in [2.45, 2.75) is 24.3 Å². The topological polar surface area (TPSA) is 40.6 Å². The monoisotopic (exact) mass is 238 g/mol. The molecule has 1 aliphatic rings. The lowest BCUT2D eigenvalue weighted by Crippen LogP contribution is -2.48. The first-order valence-electron chi connectivity index (χ1n) is 4.67. The number of thioether (sulfide) groups is 1. The molecule has 0 aliphatic carbocycles. The van der Waals surface area contributed by atoms with Gasteiger partial charge in [0.15, 0.2) is 0 Å². The van der Waals surface area contributed by atoms with Gasteiger partial charge in [-0.3, -0.25) is 0 Å². The van der Waals surface area contributed by atoms with Crippen LogP contribution < -0.4 is 0 Å². The van der Waals surface area contributed by atoms with Crippen LogP contribution in [0.5, 0.6) is 0 Å². The van der Waals surface area contributed by atoms with Crippen LogP contribution >= 0.6 is 11.8 Å². The number of nitrogens with zero attached hydrogens (tertiary/aromatic N) is 2. The Bertz CT molecular complexity index is 280. The average molecular weight is 238 g/mol. The molecule has 0 aromatic rings. The zero-order chi connectivity index (χ0) is 10.9. The summed E-state index contributed by atoms with van der Waals surface area (Å²) in [4.78, 5) is 0. The third-order valence-electron chi connectivity index (χ3n) is 2.17. The zero-order valence-electron chi connectivity index (χ0n) is 9.10. The van der Waals surface area contributed by atoms with E-state index in [2.05, 4.69) is 13.8 Å². The highest BCUT2D eigenvalue weighted by Gasteiger charge is 2.31. The quantitative estimate of drug-likeness (QED) is 0.708. The van der Waals surface area contributed by atoms with Crippen LogP contribution in [0.2, 0.25) is 0 Å². The molecule has 14 heavy (non-hydrogen) atoms. The second kappa shape index (κ2) is 4.38. The van der Waals surface area contributed by atoms with Crippen molar-refractivity contribution in [3.8, 4) is 0 Å². The molecule has 6 heteroatoms. The van der Waals surface area contributed by atoms with Gasteiger partial charge in [-0.15, -0.1) is 0 Å². The van der Waals surface area contributed by atoms with Crippen molar-refractivity contribution in [2.24, 2.45) is 0 Å². The second-order valence-electron chi connectivity index (χ2n) is 3.86. The Morgan fingerprint density at radius 3 is 2.00 bits per heavy atom. The van der Waals surface area contributed by atoms with Crippen molar-refractivity contribution in [3.05, 3.63) is 0 Å². The Kier molecular flexibility index (Phi) is 3.85. The summed E-state index contributed by atoms with van der Waals surface area (Å²) in [6, 6.07) is 0. The van der Waals surface area contributed by atoms with Gasteiger partial charge in [-0.2, -0.15) is 28.8 Å². The van der Waals surface area contributed by atoms with Crippen molar-refractivity contribution in [1.29, 1.82) is 0 Å². The first kappa shape index (κ1) is 12.3. The molecule has 0 spiro atoms. The summed E-state index contributed by atoms with van der Waals surface area (Å²) >= 11 is 1.85. The summed E-state index contributed by atoms with van der Waals surface area (Å²) in [6.07, 6.45) is 0. The number of hydrogen-bond acceptors (Lipinski definition) is 3. The number of hydrogen-bond donors (Lipinski definition) is 0. The fraction of sp³-hybridized carbons (Fsp3) is 1.00. The fourth-order valence-corrected chi connectivity index (χ4v) is 4.35. The lowest BCUT2D eigenvalue weighted by molar-refractivity contribution is 0.370. The molecule has 0 N–H and O–H groups in total. The van der Waals surface area contributed by atoms with Crippen LogP contribution in [0.1, 0.15) is 13.8 Å². The lowest BCUT2D eigenvalue weighted by atomic mass is 10.4. The molecule has 0 aromatic carbocycles. The van der Waals surface area contributed by atoms with Crippen LogP contribution in [0.4, 0.5) is 0 Å².